The smallest absolute Gasteiger partial charge is 0.143 e. The van der Waals surface area contributed by atoms with Crippen LogP contribution in [0.4, 0.5) is 0 Å². The predicted octanol–water partition coefficient (Wildman–Crippen LogP) is 2.79. The third-order valence-corrected chi connectivity index (χ3v) is 4.14. The Morgan fingerprint density at radius 2 is 1.94 bits per heavy atom. The van der Waals surface area contributed by atoms with Crippen molar-refractivity contribution in [1.29, 1.82) is 0 Å². The van der Waals surface area contributed by atoms with Crippen molar-refractivity contribution in [3.05, 3.63) is 42.6 Å². The summed E-state index contributed by atoms with van der Waals surface area (Å²) >= 11 is 1.66. The highest BCUT2D eigenvalue weighted by atomic mass is 32.1. The molecule has 4 heteroatoms. The van der Waals surface area contributed by atoms with E-state index in [9.17, 15) is 0 Å². The van der Waals surface area contributed by atoms with Gasteiger partial charge in [0.05, 0.1) is 0 Å². The van der Waals surface area contributed by atoms with E-state index in [-0.39, 0.29) is 0 Å². The Bertz CT molecular complexity index is 898. The Labute approximate surface area is 109 Å². The first-order valence-corrected chi connectivity index (χ1v) is 6.47. The molecule has 0 saturated heterocycles. The average Bonchev–Trinajstić information content (AvgIpc) is 2.77. The van der Waals surface area contributed by atoms with E-state index in [0.717, 1.165) is 15.7 Å². The third-order valence-electron chi connectivity index (χ3n) is 3.09. The molecule has 0 fully saturated rings. The van der Waals surface area contributed by atoms with Gasteiger partial charge in [-0.2, -0.15) is 0 Å². The van der Waals surface area contributed by atoms with E-state index in [0.29, 0.717) is 5.59 Å². The Balaban J connectivity index is 2.35. The first-order valence-electron chi connectivity index (χ1n) is 5.65. The molecule has 18 heavy (non-hydrogen) atoms. The van der Waals surface area contributed by atoms with Gasteiger partial charge in [-0.1, -0.05) is 30.3 Å². The minimum Gasteiger partial charge on any atom is -0.260 e. The number of aromatic nitrogens is 2. The van der Waals surface area contributed by atoms with Crippen LogP contribution in [0.5, 0.6) is 0 Å². The first-order chi connectivity index (χ1) is 8.83. The van der Waals surface area contributed by atoms with Crippen LogP contribution in [0.25, 0.3) is 31.2 Å². The van der Waals surface area contributed by atoms with Crippen LogP contribution in [0.3, 0.4) is 0 Å². The Hall–Kier alpha value is -1.94. The van der Waals surface area contributed by atoms with Crippen molar-refractivity contribution >= 4 is 56.0 Å². The lowest BCUT2D eigenvalue weighted by molar-refractivity contribution is 1.38. The molecule has 2 heterocycles. The number of benzene rings is 2. The summed E-state index contributed by atoms with van der Waals surface area (Å²) in [6.45, 7) is 0. The van der Waals surface area contributed by atoms with Gasteiger partial charge in [-0.25, -0.2) is 4.98 Å². The lowest BCUT2D eigenvalue weighted by Gasteiger charge is -1.99. The maximum atomic E-state index is 5.75. The highest BCUT2D eigenvalue weighted by Crippen LogP contribution is 2.35. The number of fused-ring (bicyclic) bond motifs is 5. The van der Waals surface area contributed by atoms with Crippen LogP contribution in [0.1, 0.15) is 0 Å². The van der Waals surface area contributed by atoms with Gasteiger partial charge in [0.15, 0.2) is 0 Å². The fourth-order valence-electron chi connectivity index (χ4n) is 2.31. The normalized spacial score (nSPS) is 11.6. The number of thiophene rings is 1. The molecule has 0 aliphatic heterocycles. The van der Waals surface area contributed by atoms with Gasteiger partial charge in [-0.05, 0) is 16.8 Å². The molecule has 2 nitrogen and oxygen atoms in total. The monoisotopic (exact) mass is 246 g/mol. The van der Waals surface area contributed by atoms with E-state index in [1.54, 1.807) is 17.5 Å². The van der Waals surface area contributed by atoms with Crippen molar-refractivity contribution in [3.8, 4) is 0 Å². The summed E-state index contributed by atoms with van der Waals surface area (Å²) in [4.78, 5) is 9.74. The topological polar surface area (TPSA) is 25.8 Å². The van der Waals surface area contributed by atoms with Crippen LogP contribution in [-0.4, -0.2) is 17.8 Å². The van der Waals surface area contributed by atoms with E-state index < -0.39 is 0 Å². The fraction of sp³-hybridized carbons (Fsp3) is 0. The maximum Gasteiger partial charge on any atom is 0.143 e. The highest BCUT2D eigenvalue weighted by Gasteiger charge is 2.10. The number of nitrogens with zero attached hydrogens (tertiary/aromatic N) is 2. The van der Waals surface area contributed by atoms with Gasteiger partial charge in [0.2, 0.25) is 0 Å². The summed E-state index contributed by atoms with van der Waals surface area (Å²) in [6.07, 6.45) is 1.61. The van der Waals surface area contributed by atoms with Crippen LogP contribution in [0.15, 0.2) is 42.6 Å². The second-order valence-corrected chi connectivity index (χ2v) is 5.24. The van der Waals surface area contributed by atoms with Gasteiger partial charge in [0.25, 0.3) is 0 Å². The van der Waals surface area contributed by atoms with Crippen LogP contribution in [0, 0.1) is 0 Å². The van der Waals surface area contributed by atoms with Gasteiger partial charge in [0.1, 0.15) is 18.2 Å². The fourth-order valence-corrected chi connectivity index (χ4v) is 3.32. The molecule has 0 N–H and O–H groups in total. The molecule has 0 amide bonds. The van der Waals surface area contributed by atoms with Crippen LogP contribution < -0.4 is 5.59 Å². The zero-order valence-corrected chi connectivity index (χ0v) is 10.2. The molecule has 82 valence electrons. The van der Waals surface area contributed by atoms with E-state index in [1.807, 2.05) is 12.1 Å². The van der Waals surface area contributed by atoms with Crippen molar-refractivity contribution in [2.45, 2.75) is 0 Å². The summed E-state index contributed by atoms with van der Waals surface area (Å²) in [6, 6.07) is 12.6. The number of hydrogen-bond donors (Lipinski definition) is 0. The molecule has 0 aliphatic carbocycles. The molecule has 2 aromatic heterocycles. The summed E-state index contributed by atoms with van der Waals surface area (Å²) < 4.78 is 1.20. The minimum absolute atomic E-state index is 0.468. The summed E-state index contributed by atoms with van der Waals surface area (Å²) in [5.41, 5.74) is 1.38. The molecule has 0 unspecified atom stereocenters. The third kappa shape index (κ3) is 1.29. The highest BCUT2D eigenvalue weighted by molar-refractivity contribution is 7.25. The second kappa shape index (κ2) is 3.53. The molecule has 0 atom stereocenters. The van der Waals surface area contributed by atoms with Crippen molar-refractivity contribution in [3.63, 3.8) is 0 Å². The minimum atomic E-state index is 0.468. The summed E-state index contributed by atoms with van der Waals surface area (Å²) in [7, 11) is 5.75. The largest absolute Gasteiger partial charge is 0.260 e. The molecule has 4 aromatic rings. The molecule has 4 rings (SSSR count). The number of rotatable bonds is 0. The maximum absolute atomic E-state index is 5.75. The molecule has 2 aromatic carbocycles. The van der Waals surface area contributed by atoms with Crippen molar-refractivity contribution in [2.75, 3.05) is 0 Å². The molecule has 2 radical (unpaired) electrons. The zero-order valence-electron chi connectivity index (χ0n) is 9.42. The summed E-state index contributed by atoms with van der Waals surface area (Å²) in [5.74, 6) is 0. The summed E-state index contributed by atoms with van der Waals surface area (Å²) in [5, 5.41) is 3.59. The van der Waals surface area contributed by atoms with E-state index in [2.05, 4.69) is 34.2 Å². The number of hydrogen-bond acceptors (Lipinski definition) is 3. The first kappa shape index (κ1) is 10.0. The predicted molar refractivity (Wildman–Crippen MR) is 77.8 cm³/mol. The quantitative estimate of drug-likeness (QED) is 0.446. The Kier molecular flexibility index (Phi) is 1.97. The standard InChI is InChI=1S/C14H7BN2S/c15-11-7-16-14-13(17-11)12-9-4-2-1-3-8(9)5-6-10(12)18-14/h1-7H. The second-order valence-electron chi connectivity index (χ2n) is 4.21. The molecule has 0 aliphatic rings. The van der Waals surface area contributed by atoms with E-state index in [4.69, 9.17) is 7.85 Å². The average molecular weight is 246 g/mol. The van der Waals surface area contributed by atoms with E-state index >= 15 is 0 Å². The van der Waals surface area contributed by atoms with Crippen molar-refractivity contribution < 1.29 is 0 Å². The van der Waals surface area contributed by atoms with Gasteiger partial charge in [-0.15, -0.1) is 11.3 Å². The molecular formula is C14H7BN2S. The van der Waals surface area contributed by atoms with Gasteiger partial charge < -0.3 is 0 Å². The van der Waals surface area contributed by atoms with Gasteiger partial charge >= 0.3 is 0 Å². The van der Waals surface area contributed by atoms with Crippen LogP contribution >= 0.6 is 11.3 Å². The lowest BCUT2D eigenvalue weighted by atomic mass is 10.0. The molecule has 0 saturated carbocycles. The Morgan fingerprint density at radius 3 is 2.89 bits per heavy atom. The lowest BCUT2D eigenvalue weighted by Crippen LogP contribution is -2.07. The van der Waals surface area contributed by atoms with Crippen molar-refractivity contribution in [1.82, 2.24) is 9.97 Å². The SMILES string of the molecule is [B]c1cnc2sc3ccc4ccccc4c3c2n1. The van der Waals surface area contributed by atoms with Crippen molar-refractivity contribution in [2.24, 2.45) is 0 Å². The molecule has 0 spiro atoms. The van der Waals surface area contributed by atoms with Crippen LogP contribution in [-0.2, 0) is 0 Å². The van der Waals surface area contributed by atoms with Gasteiger partial charge in [0, 0.05) is 21.9 Å². The van der Waals surface area contributed by atoms with Crippen LogP contribution in [0.2, 0.25) is 0 Å². The zero-order chi connectivity index (χ0) is 12.1. The van der Waals surface area contributed by atoms with E-state index in [1.165, 1.54) is 15.5 Å². The molecule has 0 bridgehead atoms. The Morgan fingerprint density at radius 1 is 1.06 bits per heavy atom. The van der Waals surface area contributed by atoms with Gasteiger partial charge in [-0.3, -0.25) is 4.98 Å². The molecular weight excluding hydrogens is 239 g/mol.